The fourth-order valence-electron chi connectivity index (χ4n) is 1.34. The van der Waals surface area contributed by atoms with Gasteiger partial charge in [-0.25, -0.2) is 0 Å². The Morgan fingerprint density at radius 3 is 2.92 bits per heavy atom. The van der Waals surface area contributed by atoms with Crippen molar-refractivity contribution in [2.45, 2.75) is 12.3 Å². The molecule has 1 atom stereocenters. The highest BCUT2D eigenvalue weighted by Crippen LogP contribution is 2.30. The van der Waals surface area contributed by atoms with Gasteiger partial charge in [-0.1, -0.05) is 0 Å². The number of hydrogen-bond donors (Lipinski definition) is 1. The first-order chi connectivity index (χ1) is 5.86. The van der Waals surface area contributed by atoms with E-state index in [1.54, 1.807) is 0 Å². The lowest BCUT2D eigenvalue weighted by Crippen LogP contribution is -2.02. The van der Waals surface area contributed by atoms with Crippen LogP contribution in [-0.2, 0) is 0 Å². The van der Waals surface area contributed by atoms with Gasteiger partial charge in [0, 0.05) is 11.7 Å². The highest BCUT2D eigenvalue weighted by Gasteiger charge is 2.18. The molecule has 1 saturated heterocycles. The van der Waals surface area contributed by atoms with Crippen molar-refractivity contribution in [2.24, 2.45) is 0 Å². The lowest BCUT2D eigenvalue weighted by atomic mass is 10.1. The van der Waals surface area contributed by atoms with Crippen LogP contribution in [0.1, 0.15) is 18.0 Å². The van der Waals surface area contributed by atoms with Gasteiger partial charge >= 0.3 is 0 Å². The highest BCUT2D eigenvalue weighted by atomic mass is 32.2. The van der Waals surface area contributed by atoms with E-state index in [0.29, 0.717) is 11.7 Å². The Morgan fingerprint density at radius 1 is 1.42 bits per heavy atom. The smallest absolute Gasteiger partial charge is 0.146 e. The predicted octanol–water partition coefficient (Wildman–Crippen LogP) is 1.28. The summed E-state index contributed by atoms with van der Waals surface area (Å²) in [4.78, 5) is 0. The summed E-state index contributed by atoms with van der Waals surface area (Å²) in [5.74, 6) is 3.53. The fourth-order valence-corrected chi connectivity index (χ4v) is 2.58. The Hall–Kier alpha value is -0.770. The molecule has 1 aliphatic rings. The van der Waals surface area contributed by atoms with Gasteiger partial charge in [0.1, 0.15) is 5.82 Å². The van der Waals surface area contributed by atoms with Crippen LogP contribution >= 0.6 is 11.8 Å². The van der Waals surface area contributed by atoms with E-state index >= 15 is 0 Å². The summed E-state index contributed by atoms with van der Waals surface area (Å²) >= 11 is 1.98. The monoisotopic (exact) mass is 181 g/mol. The molecule has 0 aromatic carbocycles. The van der Waals surface area contributed by atoms with E-state index in [2.05, 4.69) is 10.2 Å². The largest absolute Gasteiger partial charge is 0.382 e. The summed E-state index contributed by atoms with van der Waals surface area (Å²) < 4.78 is 0. The average Bonchev–Trinajstić information content (AvgIpc) is 2.58. The third-order valence-corrected chi connectivity index (χ3v) is 3.22. The third kappa shape index (κ3) is 1.53. The Labute approximate surface area is 75.8 Å². The van der Waals surface area contributed by atoms with Gasteiger partial charge in [-0.15, -0.1) is 5.10 Å². The van der Waals surface area contributed by atoms with Gasteiger partial charge in [0.25, 0.3) is 0 Å². The van der Waals surface area contributed by atoms with Crippen LogP contribution in [0.2, 0.25) is 0 Å². The van der Waals surface area contributed by atoms with Gasteiger partial charge in [-0.2, -0.15) is 16.9 Å². The van der Waals surface area contributed by atoms with Gasteiger partial charge in [0.2, 0.25) is 0 Å². The molecule has 4 heteroatoms. The van der Waals surface area contributed by atoms with Gasteiger partial charge in [0.15, 0.2) is 0 Å². The molecule has 2 heterocycles. The summed E-state index contributed by atoms with van der Waals surface area (Å²) in [6, 6.07) is 3.81. The van der Waals surface area contributed by atoms with Crippen molar-refractivity contribution < 1.29 is 0 Å². The molecule has 2 rings (SSSR count). The number of aromatic nitrogens is 2. The Bertz CT molecular complexity index is 254. The summed E-state index contributed by atoms with van der Waals surface area (Å²) in [6.45, 7) is 0. The summed E-state index contributed by atoms with van der Waals surface area (Å²) in [5, 5.41) is 7.91. The first kappa shape index (κ1) is 7.86. The summed E-state index contributed by atoms with van der Waals surface area (Å²) in [7, 11) is 0. The molecule has 0 radical (unpaired) electrons. The molecule has 0 spiro atoms. The van der Waals surface area contributed by atoms with Crippen LogP contribution in [0.25, 0.3) is 0 Å². The average molecular weight is 181 g/mol. The number of rotatable bonds is 1. The van der Waals surface area contributed by atoms with Crippen molar-refractivity contribution in [1.82, 2.24) is 10.2 Å². The second-order valence-corrected chi connectivity index (χ2v) is 4.09. The van der Waals surface area contributed by atoms with Gasteiger partial charge in [-0.3, -0.25) is 0 Å². The van der Waals surface area contributed by atoms with Crippen molar-refractivity contribution in [3.63, 3.8) is 0 Å². The lowest BCUT2D eigenvalue weighted by molar-refractivity contribution is 0.730. The van der Waals surface area contributed by atoms with Gasteiger partial charge in [0.05, 0.1) is 5.69 Å². The molecule has 3 nitrogen and oxygen atoms in total. The first-order valence-electron chi connectivity index (χ1n) is 4.03. The molecule has 1 unspecified atom stereocenters. The van der Waals surface area contributed by atoms with E-state index in [9.17, 15) is 0 Å². The summed E-state index contributed by atoms with van der Waals surface area (Å²) in [6.07, 6.45) is 1.23. The Kier molecular flexibility index (Phi) is 2.17. The maximum absolute atomic E-state index is 5.45. The van der Waals surface area contributed by atoms with Crippen LogP contribution in [0.15, 0.2) is 12.1 Å². The van der Waals surface area contributed by atoms with Crippen molar-refractivity contribution in [3.8, 4) is 0 Å². The molecule has 1 fully saturated rings. The lowest BCUT2D eigenvalue weighted by Gasteiger charge is -2.05. The molecule has 0 saturated carbocycles. The first-order valence-corrected chi connectivity index (χ1v) is 5.18. The second-order valence-electron chi connectivity index (χ2n) is 2.94. The molecule has 2 N–H and O–H groups in total. The predicted molar refractivity (Wildman–Crippen MR) is 51.1 cm³/mol. The second kappa shape index (κ2) is 3.31. The molecule has 0 bridgehead atoms. The van der Waals surface area contributed by atoms with Crippen molar-refractivity contribution in [3.05, 3.63) is 17.8 Å². The molecule has 1 aliphatic heterocycles. The van der Waals surface area contributed by atoms with E-state index in [1.807, 2.05) is 23.9 Å². The number of nitrogens with zero attached hydrogens (tertiary/aromatic N) is 2. The normalized spacial score (nSPS) is 22.8. The minimum absolute atomic E-state index is 0.504. The fraction of sp³-hybridized carbons (Fsp3) is 0.500. The van der Waals surface area contributed by atoms with Crippen LogP contribution in [0.5, 0.6) is 0 Å². The standard InChI is InChI=1S/C8H11N3S/c9-8-2-1-7(10-11-8)6-3-4-12-5-6/h1-2,6H,3-5H2,(H2,9,11). The summed E-state index contributed by atoms with van der Waals surface area (Å²) in [5.41, 5.74) is 6.54. The topological polar surface area (TPSA) is 51.8 Å². The van der Waals surface area contributed by atoms with Gasteiger partial charge < -0.3 is 5.73 Å². The molecular weight excluding hydrogens is 170 g/mol. The zero-order chi connectivity index (χ0) is 8.39. The van der Waals surface area contributed by atoms with Crippen molar-refractivity contribution in [1.29, 1.82) is 0 Å². The van der Waals surface area contributed by atoms with Gasteiger partial charge in [-0.05, 0) is 24.3 Å². The van der Waals surface area contributed by atoms with Crippen molar-refractivity contribution in [2.75, 3.05) is 17.2 Å². The molecule has 64 valence electrons. The van der Waals surface area contributed by atoms with E-state index in [0.717, 1.165) is 5.69 Å². The van der Waals surface area contributed by atoms with Crippen LogP contribution in [0, 0.1) is 0 Å². The maximum Gasteiger partial charge on any atom is 0.146 e. The zero-order valence-electron chi connectivity index (χ0n) is 6.73. The maximum atomic E-state index is 5.45. The minimum Gasteiger partial charge on any atom is -0.382 e. The van der Waals surface area contributed by atoms with Crippen LogP contribution < -0.4 is 5.73 Å². The number of anilines is 1. The van der Waals surface area contributed by atoms with E-state index < -0.39 is 0 Å². The molecule has 0 amide bonds. The number of nitrogen functional groups attached to an aromatic ring is 1. The number of hydrogen-bond acceptors (Lipinski definition) is 4. The zero-order valence-corrected chi connectivity index (χ0v) is 7.55. The van der Waals surface area contributed by atoms with Crippen LogP contribution in [0.4, 0.5) is 5.82 Å². The number of nitrogens with two attached hydrogens (primary N) is 1. The Balaban J connectivity index is 2.17. The quantitative estimate of drug-likeness (QED) is 0.709. The van der Waals surface area contributed by atoms with E-state index in [-0.39, 0.29) is 0 Å². The number of thioether (sulfide) groups is 1. The molecule has 1 aromatic heterocycles. The van der Waals surface area contributed by atoms with Crippen LogP contribution in [0.3, 0.4) is 0 Å². The molecule has 12 heavy (non-hydrogen) atoms. The van der Waals surface area contributed by atoms with E-state index in [4.69, 9.17) is 5.73 Å². The minimum atomic E-state index is 0.504. The highest BCUT2D eigenvalue weighted by molar-refractivity contribution is 7.99. The SMILES string of the molecule is Nc1ccc(C2CCSC2)nn1. The molecule has 1 aromatic rings. The molecule has 0 aliphatic carbocycles. The Morgan fingerprint density at radius 2 is 2.33 bits per heavy atom. The molecular formula is C8H11N3S. The third-order valence-electron chi connectivity index (χ3n) is 2.05. The van der Waals surface area contributed by atoms with Crippen molar-refractivity contribution >= 4 is 17.6 Å². The van der Waals surface area contributed by atoms with E-state index in [1.165, 1.54) is 17.9 Å². The van der Waals surface area contributed by atoms with Crippen LogP contribution in [-0.4, -0.2) is 21.7 Å².